The van der Waals surface area contributed by atoms with Crippen LogP contribution in [0.25, 0.3) is 16.9 Å². The van der Waals surface area contributed by atoms with Gasteiger partial charge in [-0.25, -0.2) is 4.68 Å². The lowest BCUT2D eigenvalue weighted by molar-refractivity contribution is -0.112. The Morgan fingerprint density at radius 1 is 1.05 bits per heavy atom. The summed E-state index contributed by atoms with van der Waals surface area (Å²) in [5.74, 6) is -0.841. The number of hydrogen-bond acceptors (Lipinski definition) is 6. The molecule has 38 heavy (non-hydrogen) atoms. The summed E-state index contributed by atoms with van der Waals surface area (Å²) in [7, 11) is 1.71. The molecule has 1 amide bonds. The molecule has 5 rings (SSSR count). The molecule has 2 unspecified atom stereocenters. The van der Waals surface area contributed by atoms with Crippen molar-refractivity contribution in [2.24, 2.45) is 0 Å². The van der Waals surface area contributed by atoms with E-state index in [1.54, 1.807) is 28.9 Å². The topological polar surface area (TPSA) is 97.1 Å². The number of nitrogens with zero attached hydrogens (tertiary/aromatic N) is 3. The van der Waals surface area contributed by atoms with Crippen LogP contribution < -0.4 is 0 Å². The van der Waals surface area contributed by atoms with E-state index in [2.05, 4.69) is 5.10 Å². The van der Waals surface area contributed by atoms with Crippen molar-refractivity contribution in [1.29, 1.82) is 0 Å². The van der Waals surface area contributed by atoms with Gasteiger partial charge in [-0.15, -0.1) is 0 Å². The van der Waals surface area contributed by atoms with Gasteiger partial charge in [0.25, 0.3) is 5.91 Å². The van der Waals surface area contributed by atoms with E-state index in [0.717, 1.165) is 16.8 Å². The number of carbonyl (C=O) groups is 1. The molecule has 1 aromatic heterocycles. The maximum Gasteiger partial charge on any atom is 0.257 e. The van der Waals surface area contributed by atoms with Crippen molar-refractivity contribution in [3.05, 3.63) is 95.7 Å². The van der Waals surface area contributed by atoms with Gasteiger partial charge in [0.15, 0.2) is 0 Å². The van der Waals surface area contributed by atoms with Crippen LogP contribution >= 0.6 is 0 Å². The summed E-state index contributed by atoms with van der Waals surface area (Å²) >= 11 is 0. The first-order chi connectivity index (χ1) is 18.4. The lowest BCUT2D eigenvalue weighted by atomic mass is 9.98. The first-order valence-corrected chi connectivity index (χ1v) is 12.6. The van der Waals surface area contributed by atoms with Gasteiger partial charge in [-0.3, -0.25) is 4.79 Å². The molecule has 1 aliphatic rings. The van der Waals surface area contributed by atoms with Crippen LogP contribution in [-0.2, 0) is 15.9 Å². The van der Waals surface area contributed by atoms with E-state index in [1.165, 1.54) is 12.1 Å². The third-order valence-electron chi connectivity index (χ3n) is 6.98. The first-order valence-electron chi connectivity index (χ1n) is 12.6. The maximum atomic E-state index is 13.8. The zero-order chi connectivity index (χ0) is 26.6. The van der Waals surface area contributed by atoms with Gasteiger partial charge in [-0.2, -0.15) is 5.10 Å². The zero-order valence-corrected chi connectivity index (χ0v) is 21.4. The first kappa shape index (κ1) is 25.5. The Hall–Kier alpha value is -4.14. The lowest BCUT2D eigenvalue weighted by Gasteiger charge is -2.36. The van der Waals surface area contributed by atoms with Gasteiger partial charge in [0.1, 0.15) is 17.6 Å². The number of aromatic nitrogens is 2. The third kappa shape index (κ3) is 5.14. The van der Waals surface area contributed by atoms with Crippen molar-refractivity contribution < 1.29 is 24.5 Å². The van der Waals surface area contributed by atoms with Crippen molar-refractivity contribution in [1.82, 2.24) is 14.7 Å². The molecule has 0 radical (unpaired) electrons. The van der Waals surface area contributed by atoms with Crippen molar-refractivity contribution >= 4 is 5.91 Å². The quantitative estimate of drug-likeness (QED) is 0.381. The number of rotatable bonds is 7. The molecule has 1 aliphatic heterocycles. The molecular formula is C30H31N3O5. The Labute approximate surface area is 221 Å². The average molecular weight is 514 g/mol. The average Bonchev–Trinajstić information content (AvgIpc) is 3.42. The van der Waals surface area contributed by atoms with E-state index in [9.17, 15) is 15.0 Å². The molecule has 2 N–H and O–H groups in total. The van der Waals surface area contributed by atoms with Crippen molar-refractivity contribution in [3.8, 4) is 28.4 Å². The van der Waals surface area contributed by atoms with Crippen molar-refractivity contribution in [2.45, 2.75) is 25.5 Å². The Morgan fingerprint density at radius 2 is 1.82 bits per heavy atom. The highest BCUT2D eigenvalue weighted by Crippen LogP contribution is 2.37. The summed E-state index contributed by atoms with van der Waals surface area (Å²) < 4.78 is 13.4. The molecule has 1 fully saturated rings. The molecule has 0 saturated carbocycles. The minimum Gasteiger partial charge on any atom is -0.507 e. The van der Waals surface area contributed by atoms with Crippen LogP contribution in [0.5, 0.6) is 11.5 Å². The van der Waals surface area contributed by atoms with Crippen LogP contribution in [0.4, 0.5) is 0 Å². The van der Waals surface area contributed by atoms with E-state index in [4.69, 9.17) is 9.47 Å². The normalized spacial score (nSPS) is 16.2. The molecule has 8 nitrogen and oxygen atoms in total. The van der Waals surface area contributed by atoms with Gasteiger partial charge in [-0.05, 0) is 42.7 Å². The van der Waals surface area contributed by atoms with Crippen LogP contribution in [0.3, 0.4) is 0 Å². The maximum absolute atomic E-state index is 13.8. The van der Waals surface area contributed by atoms with Gasteiger partial charge < -0.3 is 24.6 Å². The summed E-state index contributed by atoms with van der Waals surface area (Å²) in [6, 6.07) is 21.8. The fourth-order valence-electron chi connectivity index (χ4n) is 4.90. The number of aryl methyl sites for hydroxylation is 1. The molecule has 3 aromatic carbocycles. The number of carbonyl (C=O) groups excluding carboxylic acids is 1. The molecule has 2 atom stereocenters. The Bertz CT molecular complexity index is 1410. The van der Waals surface area contributed by atoms with E-state index in [-0.39, 0.29) is 35.1 Å². The van der Waals surface area contributed by atoms with Gasteiger partial charge in [-0.1, -0.05) is 48.5 Å². The predicted molar refractivity (Wildman–Crippen MR) is 144 cm³/mol. The van der Waals surface area contributed by atoms with E-state index < -0.39 is 0 Å². The number of aromatic hydroxyl groups is 2. The number of likely N-dealkylation sites (N-methyl/N-ethyl adjacent to an activating group) is 1. The van der Waals surface area contributed by atoms with Crippen LogP contribution in [0.1, 0.15) is 21.5 Å². The Balaban J connectivity index is 1.51. The third-order valence-corrected chi connectivity index (χ3v) is 6.98. The SMILES string of the molecule is Cc1ccccc1-n1nccc1-c1cc(C(=O)N(C)C(Cc2ccccc2)C2COCCO2)c(O)cc1O. The minimum atomic E-state index is -0.388. The van der Waals surface area contributed by atoms with Gasteiger partial charge in [0.05, 0.1) is 49.0 Å². The summed E-state index contributed by atoms with van der Waals surface area (Å²) in [5.41, 5.74) is 3.97. The standard InChI is InChI=1S/C30H31N3O5/c1-20-8-6-7-11-24(20)33-25(12-13-31-33)22-17-23(28(35)18-27(22)34)30(36)32(2)26(29-19-37-14-15-38-29)16-21-9-4-3-5-10-21/h3-13,17-18,26,29,34-35H,14-16,19H2,1-2H3. The smallest absolute Gasteiger partial charge is 0.257 e. The lowest BCUT2D eigenvalue weighted by Crippen LogP contribution is -2.50. The minimum absolute atomic E-state index is 0.0765. The zero-order valence-electron chi connectivity index (χ0n) is 21.4. The summed E-state index contributed by atoms with van der Waals surface area (Å²) in [6.45, 7) is 3.32. The fraction of sp³-hybridized carbons (Fsp3) is 0.267. The van der Waals surface area contributed by atoms with Gasteiger partial charge in [0, 0.05) is 18.7 Å². The number of phenolic OH excluding ortho intramolecular Hbond substituents is 2. The van der Waals surface area contributed by atoms with Gasteiger partial charge >= 0.3 is 0 Å². The molecule has 4 aromatic rings. The number of benzene rings is 3. The Morgan fingerprint density at radius 3 is 2.55 bits per heavy atom. The summed E-state index contributed by atoms with van der Waals surface area (Å²) in [4.78, 5) is 15.4. The second-order valence-corrected chi connectivity index (χ2v) is 9.46. The largest absolute Gasteiger partial charge is 0.507 e. The molecule has 1 saturated heterocycles. The van der Waals surface area contributed by atoms with Crippen LogP contribution in [-0.4, -0.2) is 69.8 Å². The van der Waals surface area contributed by atoms with Gasteiger partial charge in [0.2, 0.25) is 0 Å². The second kappa shape index (κ2) is 11.1. The molecule has 0 spiro atoms. The number of para-hydroxylation sites is 1. The predicted octanol–water partition coefficient (Wildman–Crippen LogP) is 4.36. The number of ether oxygens (including phenoxy) is 2. The molecular weight excluding hydrogens is 482 g/mol. The molecule has 196 valence electrons. The molecule has 2 heterocycles. The highest BCUT2D eigenvalue weighted by atomic mass is 16.6. The number of amides is 1. The van der Waals surface area contributed by atoms with E-state index in [1.807, 2.05) is 61.5 Å². The van der Waals surface area contributed by atoms with Crippen molar-refractivity contribution in [3.63, 3.8) is 0 Å². The Kier molecular flexibility index (Phi) is 7.44. The number of hydrogen-bond donors (Lipinski definition) is 2. The summed E-state index contributed by atoms with van der Waals surface area (Å²) in [5, 5.41) is 26.0. The van der Waals surface area contributed by atoms with Crippen LogP contribution in [0, 0.1) is 6.92 Å². The van der Waals surface area contributed by atoms with Crippen LogP contribution in [0.15, 0.2) is 79.0 Å². The summed E-state index contributed by atoms with van der Waals surface area (Å²) in [6.07, 6.45) is 1.88. The fourth-order valence-corrected chi connectivity index (χ4v) is 4.90. The number of phenols is 2. The van der Waals surface area contributed by atoms with E-state index >= 15 is 0 Å². The van der Waals surface area contributed by atoms with Crippen molar-refractivity contribution in [2.75, 3.05) is 26.9 Å². The van der Waals surface area contributed by atoms with Crippen LogP contribution in [0.2, 0.25) is 0 Å². The highest BCUT2D eigenvalue weighted by Gasteiger charge is 2.33. The highest BCUT2D eigenvalue weighted by molar-refractivity contribution is 5.99. The molecule has 0 bridgehead atoms. The molecule has 0 aliphatic carbocycles. The molecule has 8 heteroatoms. The monoisotopic (exact) mass is 513 g/mol. The van der Waals surface area contributed by atoms with E-state index in [0.29, 0.717) is 37.5 Å². The second-order valence-electron chi connectivity index (χ2n) is 9.46.